The van der Waals surface area contributed by atoms with Gasteiger partial charge in [0.15, 0.2) is 11.6 Å². The second-order valence-electron chi connectivity index (χ2n) is 4.29. The summed E-state index contributed by atoms with van der Waals surface area (Å²) in [6, 6.07) is 10.5. The van der Waals surface area contributed by atoms with Crippen LogP contribution in [0.25, 0.3) is 0 Å². The van der Waals surface area contributed by atoms with Crippen LogP contribution in [0.15, 0.2) is 40.9 Å². The lowest BCUT2D eigenvalue weighted by molar-refractivity contribution is 0.386. The summed E-state index contributed by atoms with van der Waals surface area (Å²) in [6.45, 7) is 0. The van der Waals surface area contributed by atoms with Crippen LogP contribution >= 0.6 is 27.5 Å². The average Bonchev–Trinajstić information content (AvgIpc) is 2.44. The van der Waals surface area contributed by atoms with Gasteiger partial charge in [-0.05, 0) is 58.4 Å². The Hall–Kier alpha value is -1.10. The normalized spacial score (nSPS) is 12.2. The molecule has 0 fully saturated rings. The van der Waals surface area contributed by atoms with Crippen molar-refractivity contribution in [2.24, 2.45) is 0 Å². The monoisotopic (exact) mass is 357 g/mol. The molecule has 0 radical (unpaired) electrons. The molecule has 0 aliphatic heterocycles. The van der Waals surface area contributed by atoms with Crippen molar-refractivity contribution in [1.29, 1.82) is 0 Å². The minimum Gasteiger partial charge on any atom is -0.494 e. The standard InChI is InChI=1S/C15H14BrClFNO/c1-19-15(9-3-5-12(17)11(16)7-9)10-4-6-14(20-2)13(18)8-10/h3-8,15,19H,1-2H3. The van der Waals surface area contributed by atoms with Gasteiger partial charge in [0.25, 0.3) is 0 Å². The fraction of sp³-hybridized carbons (Fsp3) is 0.200. The predicted molar refractivity (Wildman–Crippen MR) is 83.0 cm³/mol. The van der Waals surface area contributed by atoms with Crippen molar-refractivity contribution in [2.45, 2.75) is 6.04 Å². The molecular weight excluding hydrogens is 345 g/mol. The highest BCUT2D eigenvalue weighted by atomic mass is 79.9. The van der Waals surface area contributed by atoms with Gasteiger partial charge in [-0.2, -0.15) is 0 Å². The first-order chi connectivity index (χ1) is 9.56. The SMILES string of the molecule is CNC(c1ccc(OC)c(F)c1)c1ccc(Cl)c(Br)c1. The Bertz CT molecular complexity index is 621. The molecule has 1 N–H and O–H groups in total. The molecule has 1 unspecified atom stereocenters. The molecule has 0 aromatic heterocycles. The van der Waals surface area contributed by atoms with Crippen molar-refractivity contribution >= 4 is 27.5 Å². The minimum absolute atomic E-state index is 0.121. The average molecular weight is 359 g/mol. The fourth-order valence-electron chi connectivity index (χ4n) is 2.08. The summed E-state index contributed by atoms with van der Waals surface area (Å²) in [4.78, 5) is 0. The van der Waals surface area contributed by atoms with Crippen LogP contribution < -0.4 is 10.1 Å². The Morgan fingerprint density at radius 3 is 2.40 bits per heavy atom. The number of halogens is 3. The molecule has 2 aromatic rings. The number of hydrogen-bond acceptors (Lipinski definition) is 2. The highest BCUT2D eigenvalue weighted by Gasteiger charge is 2.15. The summed E-state index contributed by atoms with van der Waals surface area (Å²) in [7, 11) is 3.28. The Morgan fingerprint density at radius 1 is 1.20 bits per heavy atom. The molecule has 0 heterocycles. The van der Waals surface area contributed by atoms with E-state index in [0.717, 1.165) is 15.6 Å². The van der Waals surface area contributed by atoms with E-state index in [4.69, 9.17) is 16.3 Å². The summed E-state index contributed by atoms with van der Waals surface area (Å²) in [6.07, 6.45) is 0. The van der Waals surface area contributed by atoms with Crippen LogP contribution in [0, 0.1) is 5.82 Å². The van der Waals surface area contributed by atoms with E-state index in [2.05, 4.69) is 21.2 Å². The van der Waals surface area contributed by atoms with Crippen LogP contribution in [-0.2, 0) is 0 Å². The van der Waals surface area contributed by atoms with Gasteiger partial charge in [-0.1, -0.05) is 23.7 Å². The van der Waals surface area contributed by atoms with Crippen molar-refractivity contribution in [3.05, 3.63) is 62.8 Å². The summed E-state index contributed by atoms with van der Waals surface area (Å²) in [5, 5.41) is 3.82. The zero-order valence-corrected chi connectivity index (χ0v) is 13.4. The molecule has 1 atom stereocenters. The third-order valence-electron chi connectivity index (χ3n) is 3.07. The maximum absolute atomic E-state index is 13.8. The van der Waals surface area contributed by atoms with E-state index in [9.17, 15) is 4.39 Å². The molecule has 0 amide bonds. The second kappa shape index (κ2) is 6.57. The smallest absolute Gasteiger partial charge is 0.165 e. The van der Waals surface area contributed by atoms with E-state index in [1.54, 1.807) is 6.07 Å². The third-order valence-corrected chi connectivity index (χ3v) is 4.29. The second-order valence-corrected chi connectivity index (χ2v) is 5.55. The predicted octanol–water partition coefficient (Wildman–Crippen LogP) is 4.56. The molecule has 2 aromatic carbocycles. The van der Waals surface area contributed by atoms with Crippen molar-refractivity contribution in [1.82, 2.24) is 5.32 Å². The van der Waals surface area contributed by atoms with Crippen LogP contribution in [0.2, 0.25) is 5.02 Å². The molecule has 5 heteroatoms. The summed E-state index contributed by atoms with van der Waals surface area (Å²) < 4.78 is 19.6. The van der Waals surface area contributed by atoms with Gasteiger partial charge in [0.05, 0.1) is 18.2 Å². The van der Waals surface area contributed by atoms with Crippen LogP contribution in [-0.4, -0.2) is 14.2 Å². The zero-order valence-electron chi connectivity index (χ0n) is 11.1. The molecule has 0 spiro atoms. The largest absolute Gasteiger partial charge is 0.494 e. The summed E-state index contributed by atoms with van der Waals surface area (Å²) in [5.74, 6) is -0.140. The van der Waals surface area contributed by atoms with Crippen molar-refractivity contribution in [3.63, 3.8) is 0 Å². The molecule has 2 nitrogen and oxygen atoms in total. The molecule has 106 valence electrons. The van der Waals surface area contributed by atoms with E-state index in [-0.39, 0.29) is 17.6 Å². The van der Waals surface area contributed by atoms with Gasteiger partial charge < -0.3 is 10.1 Å². The van der Waals surface area contributed by atoms with E-state index in [1.807, 2.05) is 31.3 Å². The first kappa shape index (κ1) is 15.3. The number of rotatable bonds is 4. The Morgan fingerprint density at radius 2 is 1.85 bits per heavy atom. The van der Waals surface area contributed by atoms with Crippen LogP contribution in [0.1, 0.15) is 17.2 Å². The van der Waals surface area contributed by atoms with Crippen LogP contribution in [0.3, 0.4) is 0 Å². The number of benzene rings is 2. The van der Waals surface area contributed by atoms with E-state index >= 15 is 0 Å². The van der Waals surface area contributed by atoms with Gasteiger partial charge in [0.1, 0.15) is 0 Å². The zero-order chi connectivity index (χ0) is 14.7. The molecule has 0 bridgehead atoms. The Labute approximate surface area is 131 Å². The number of ether oxygens (including phenoxy) is 1. The summed E-state index contributed by atoms with van der Waals surface area (Å²) >= 11 is 9.40. The lowest BCUT2D eigenvalue weighted by Crippen LogP contribution is -2.17. The van der Waals surface area contributed by atoms with Gasteiger partial charge in [-0.25, -0.2) is 4.39 Å². The van der Waals surface area contributed by atoms with Crippen LogP contribution in [0.4, 0.5) is 4.39 Å². The molecule has 0 saturated carbocycles. The third kappa shape index (κ3) is 3.14. The maximum atomic E-state index is 13.8. The first-order valence-corrected chi connectivity index (χ1v) is 7.19. The highest BCUT2D eigenvalue weighted by Crippen LogP contribution is 2.30. The molecular formula is C15H14BrClFNO. The number of methoxy groups -OCH3 is 1. The lowest BCUT2D eigenvalue weighted by Gasteiger charge is -2.18. The molecule has 0 aliphatic rings. The summed E-state index contributed by atoms with van der Waals surface area (Å²) in [5.41, 5.74) is 1.81. The maximum Gasteiger partial charge on any atom is 0.165 e. The topological polar surface area (TPSA) is 21.3 Å². The molecule has 2 rings (SSSR count). The van der Waals surface area contributed by atoms with Gasteiger partial charge in [0.2, 0.25) is 0 Å². The molecule has 20 heavy (non-hydrogen) atoms. The van der Waals surface area contributed by atoms with E-state index in [0.29, 0.717) is 5.02 Å². The first-order valence-electron chi connectivity index (χ1n) is 6.02. The quantitative estimate of drug-likeness (QED) is 0.865. The number of hydrogen-bond donors (Lipinski definition) is 1. The lowest BCUT2D eigenvalue weighted by atomic mass is 9.98. The van der Waals surface area contributed by atoms with Gasteiger partial charge >= 0.3 is 0 Å². The van der Waals surface area contributed by atoms with Gasteiger partial charge in [-0.15, -0.1) is 0 Å². The van der Waals surface area contributed by atoms with Crippen LogP contribution in [0.5, 0.6) is 5.75 Å². The molecule has 0 aliphatic carbocycles. The van der Waals surface area contributed by atoms with E-state index in [1.165, 1.54) is 13.2 Å². The number of nitrogens with one attached hydrogen (secondary N) is 1. The van der Waals surface area contributed by atoms with Gasteiger partial charge in [0, 0.05) is 4.47 Å². The fourth-order valence-corrected chi connectivity index (χ4v) is 2.59. The van der Waals surface area contributed by atoms with E-state index < -0.39 is 0 Å². The molecule has 0 saturated heterocycles. The Kier molecular flexibility index (Phi) is 5.02. The minimum atomic E-state index is -0.377. The van der Waals surface area contributed by atoms with Crippen molar-refractivity contribution in [3.8, 4) is 5.75 Å². The highest BCUT2D eigenvalue weighted by molar-refractivity contribution is 9.10. The van der Waals surface area contributed by atoms with Crippen molar-refractivity contribution < 1.29 is 9.13 Å². The van der Waals surface area contributed by atoms with Crippen molar-refractivity contribution in [2.75, 3.05) is 14.2 Å². The Balaban J connectivity index is 2.41. The van der Waals surface area contributed by atoms with Gasteiger partial charge in [-0.3, -0.25) is 0 Å².